The average Bonchev–Trinajstić information content (AvgIpc) is 2.60. The van der Waals surface area contributed by atoms with E-state index in [9.17, 15) is 14.4 Å². The van der Waals surface area contributed by atoms with Crippen LogP contribution >= 0.6 is 0 Å². The van der Waals surface area contributed by atoms with E-state index in [0.717, 1.165) is 25.7 Å². The van der Waals surface area contributed by atoms with Gasteiger partial charge in [0, 0.05) is 11.1 Å². The largest absolute Gasteiger partial charge is 0.478 e. The molecule has 0 bridgehead atoms. The quantitative estimate of drug-likeness (QED) is 0.319. The molecule has 6 heteroatoms. The number of rotatable bonds is 11. The molecule has 6 nitrogen and oxygen atoms in total. The second-order valence-corrected chi connectivity index (χ2v) is 5.93. The Bertz CT molecular complexity index is 530. The molecule has 0 saturated carbocycles. The summed E-state index contributed by atoms with van der Waals surface area (Å²) in [6.45, 7) is 14.5. The van der Waals surface area contributed by atoms with Crippen molar-refractivity contribution in [2.45, 2.75) is 59.8 Å². The van der Waals surface area contributed by atoms with Gasteiger partial charge >= 0.3 is 17.9 Å². The summed E-state index contributed by atoms with van der Waals surface area (Å²) < 4.78 is 5.16. The molecule has 0 aliphatic rings. The van der Waals surface area contributed by atoms with Gasteiger partial charge in [0.25, 0.3) is 0 Å². The number of aliphatic carboxylic acids is 2. The summed E-state index contributed by atoms with van der Waals surface area (Å²) in [5.74, 6) is -2.15. The van der Waals surface area contributed by atoms with E-state index in [1.807, 2.05) is 0 Å². The Kier molecular flexibility index (Phi) is 14.9. The Balaban J connectivity index is 0. The fraction of sp³-hybridized carbons (Fsp3) is 0.550. The Labute approximate surface area is 156 Å². The van der Waals surface area contributed by atoms with Crippen LogP contribution in [0.5, 0.6) is 0 Å². The highest BCUT2D eigenvalue weighted by molar-refractivity contribution is 5.94. The number of hydrogen-bond donors (Lipinski definition) is 2. The van der Waals surface area contributed by atoms with Crippen molar-refractivity contribution in [2.24, 2.45) is 5.92 Å². The first-order valence-corrected chi connectivity index (χ1v) is 8.79. The molecule has 0 amide bonds. The number of carboxylic acids is 2. The number of unbranched alkanes of at least 4 members (excludes halogenated alkanes) is 1. The summed E-state index contributed by atoms with van der Waals surface area (Å²) in [6.07, 6.45) is 6.00. The third-order valence-electron chi connectivity index (χ3n) is 3.71. The van der Waals surface area contributed by atoms with Crippen molar-refractivity contribution in [3.63, 3.8) is 0 Å². The molecule has 26 heavy (non-hydrogen) atoms. The van der Waals surface area contributed by atoms with Gasteiger partial charge in [0.05, 0.1) is 12.2 Å². The van der Waals surface area contributed by atoms with Gasteiger partial charge in [-0.2, -0.15) is 0 Å². The van der Waals surface area contributed by atoms with Crippen LogP contribution in [0, 0.1) is 5.92 Å². The number of ether oxygens (including phenoxy) is 1. The van der Waals surface area contributed by atoms with E-state index in [4.69, 9.17) is 14.9 Å². The third-order valence-corrected chi connectivity index (χ3v) is 3.71. The molecule has 1 atom stereocenters. The second kappa shape index (κ2) is 14.9. The Hall–Kier alpha value is -2.37. The molecule has 0 fully saturated rings. The maximum Gasteiger partial charge on any atom is 0.337 e. The monoisotopic (exact) mass is 368 g/mol. The molecule has 0 spiro atoms. The van der Waals surface area contributed by atoms with E-state index in [-0.39, 0.29) is 16.7 Å². The zero-order valence-corrected chi connectivity index (χ0v) is 16.3. The number of esters is 1. The van der Waals surface area contributed by atoms with Gasteiger partial charge in [-0.05, 0) is 31.8 Å². The van der Waals surface area contributed by atoms with Crippen LogP contribution in [-0.4, -0.2) is 34.7 Å². The first-order valence-electron chi connectivity index (χ1n) is 8.79. The van der Waals surface area contributed by atoms with E-state index >= 15 is 0 Å². The van der Waals surface area contributed by atoms with Crippen LogP contribution in [0.15, 0.2) is 36.0 Å². The fourth-order valence-corrected chi connectivity index (χ4v) is 1.72. The Morgan fingerprint density at radius 2 is 1.65 bits per heavy atom. The van der Waals surface area contributed by atoms with Gasteiger partial charge in [-0.1, -0.05) is 53.2 Å². The first kappa shape index (κ1) is 25.9. The molecule has 148 valence electrons. The summed E-state index contributed by atoms with van der Waals surface area (Å²) in [7, 11) is 0. The molecule has 1 unspecified atom stereocenters. The normalized spacial score (nSPS) is 11.6. The van der Waals surface area contributed by atoms with Crippen molar-refractivity contribution in [3.8, 4) is 0 Å². The highest BCUT2D eigenvalue weighted by Crippen LogP contribution is 2.14. The summed E-state index contributed by atoms with van der Waals surface area (Å²) >= 11 is 0. The minimum absolute atomic E-state index is 0.0694. The van der Waals surface area contributed by atoms with Gasteiger partial charge in [-0.3, -0.25) is 0 Å². The lowest BCUT2D eigenvalue weighted by atomic mass is 10.0. The predicted molar refractivity (Wildman–Crippen MR) is 102 cm³/mol. The van der Waals surface area contributed by atoms with Crippen molar-refractivity contribution in [2.75, 3.05) is 6.61 Å². The molecule has 0 aliphatic carbocycles. The number of hydrogen-bond acceptors (Lipinski definition) is 4. The molecule has 0 radical (unpaired) electrons. The van der Waals surface area contributed by atoms with E-state index in [1.54, 1.807) is 6.92 Å². The lowest BCUT2D eigenvalue weighted by Gasteiger charge is -2.14. The zero-order valence-electron chi connectivity index (χ0n) is 16.3. The van der Waals surface area contributed by atoms with Gasteiger partial charge < -0.3 is 14.9 Å². The minimum atomic E-state index is -1.07. The van der Waals surface area contributed by atoms with E-state index in [1.165, 1.54) is 13.0 Å². The van der Waals surface area contributed by atoms with Crippen LogP contribution in [0.2, 0.25) is 0 Å². The maximum atomic E-state index is 11.6. The van der Waals surface area contributed by atoms with Crippen LogP contribution in [0.1, 0.15) is 59.8 Å². The van der Waals surface area contributed by atoms with Crippen molar-refractivity contribution in [3.05, 3.63) is 36.0 Å². The highest BCUT2D eigenvalue weighted by atomic mass is 16.5. The van der Waals surface area contributed by atoms with Crippen LogP contribution < -0.4 is 0 Å². The summed E-state index contributed by atoms with van der Waals surface area (Å²) in [5, 5.41) is 16.8. The second-order valence-electron chi connectivity index (χ2n) is 5.93. The predicted octanol–water partition coefficient (Wildman–Crippen LogP) is 4.37. The first-order chi connectivity index (χ1) is 12.1. The van der Waals surface area contributed by atoms with Crippen LogP contribution in [0.4, 0.5) is 0 Å². The van der Waals surface area contributed by atoms with Gasteiger partial charge in [0.15, 0.2) is 0 Å². The van der Waals surface area contributed by atoms with Gasteiger partial charge in [-0.15, -0.1) is 0 Å². The van der Waals surface area contributed by atoms with Crippen LogP contribution in [0.25, 0.3) is 0 Å². The molecule has 0 saturated heterocycles. The van der Waals surface area contributed by atoms with Crippen molar-refractivity contribution in [1.29, 1.82) is 0 Å². The van der Waals surface area contributed by atoms with E-state index in [2.05, 4.69) is 27.0 Å². The number of carbonyl (C=O) groups is 3. The summed E-state index contributed by atoms with van der Waals surface area (Å²) in [4.78, 5) is 32.1. The summed E-state index contributed by atoms with van der Waals surface area (Å²) in [5.41, 5.74) is 0.408. The third kappa shape index (κ3) is 13.0. The molecule has 0 aromatic rings. The molecule has 0 heterocycles. The van der Waals surface area contributed by atoms with Crippen molar-refractivity contribution in [1.82, 2.24) is 0 Å². The standard InChI is InChI=1S/C15H24O4.C5H8O2/c1-5-7-8-13(6-2)10-19-15(18)12(4)9-11(3)14(16)17;1-3-4(2)5(6)7/h9,13H,4-8,10H2,1-3H3,(H,16,17);2-3H2,1H3,(H,6,7). The van der Waals surface area contributed by atoms with Crippen LogP contribution in [-0.2, 0) is 19.1 Å². The summed E-state index contributed by atoms with van der Waals surface area (Å²) in [6, 6.07) is 0. The number of carboxylic acid groups (broad SMARTS) is 2. The Morgan fingerprint density at radius 1 is 1.08 bits per heavy atom. The SMILES string of the molecule is C=C(C=C(C)C(=O)O)C(=O)OCC(CC)CCCC.C=C(CC)C(=O)O. The molecule has 0 rings (SSSR count). The lowest BCUT2D eigenvalue weighted by molar-refractivity contribution is -0.140. The topological polar surface area (TPSA) is 101 Å². The van der Waals surface area contributed by atoms with Gasteiger partial charge in [-0.25, -0.2) is 14.4 Å². The molecular formula is C20H32O6. The van der Waals surface area contributed by atoms with Crippen molar-refractivity contribution < 1.29 is 29.3 Å². The smallest absolute Gasteiger partial charge is 0.337 e. The Morgan fingerprint density at radius 3 is 2.00 bits per heavy atom. The lowest BCUT2D eigenvalue weighted by Crippen LogP contribution is -2.14. The average molecular weight is 368 g/mol. The minimum Gasteiger partial charge on any atom is -0.478 e. The molecule has 0 aliphatic heterocycles. The number of carbonyl (C=O) groups excluding carboxylic acids is 1. The highest BCUT2D eigenvalue weighted by Gasteiger charge is 2.12. The van der Waals surface area contributed by atoms with E-state index in [0.29, 0.717) is 18.9 Å². The fourth-order valence-electron chi connectivity index (χ4n) is 1.72. The van der Waals surface area contributed by atoms with Crippen LogP contribution in [0.3, 0.4) is 0 Å². The molecule has 2 N–H and O–H groups in total. The molecule has 0 aromatic heterocycles. The van der Waals surface area contributed by atoms with Gasteiger partial charge in [0.1, 0.15) is 0 Å². The molecule has 0 aromatic carbocycles. The van der Waals surface area contributed by atoms with Crippen molar-refractivity contribution >= 4 is 17.9 Å². The maximum absolute atomic E-state index is 11.6. The van der Waals surface area contributed by atoms with E-state index < -0.39 is 17.9 Å². The van der Waals surface area contributed by atoms with Gasteiger partial charge in [0.2, 0.25) is 0 Å². The molecular weight excluding hydrogens is 336 g/mol. The zero-order chi connectivity index (χ0) is 20.7.